The van der Waals surface area contributed by atoms with Crippen LogP contribution in [0.3, 0.4) is 0 Å². The van der Waals surface area contributed by atoms with E-state index in [1.54, 1.807) is 0 Å². The van der Waals surface area contributed by atoms with Crippen molar-refractivity contribution in [3.8, 4) is 0 Å². The molecule has 0 spiro atoms. The van der Waals surface area contributed by atoms with Crippen LogP contribution in [0.15, 0.2) is 28.0 Å². The maximum atomic E-state index is 11.8. The number of nitrogens with one attached hydrogen (secondary N) is 2. The number of benzene rings is 1. The smallest absolute Gasteiger partial charge is 0.177 e. The van der Waals surface area contributed by atoms with Gasteiger partial charge in [-0.15, -0.1) is 0 Å². The normalized spacial score (nSPS) is 12.3. The summed E-state index contributed by atoms with van der Waals surface area (Å²) in [5, 5.41) is 6.21. The minimum absolute atomic E-state index is 0.00104. The third kappa shape index (κ3) is 5.64. The van der Waals surface area contributed by atoms with Crippen molar-refractivity contribution in [2.24, 2.45) is 0 Å². The molecule has 0 aliphatic carbocycles. The summed E-state index contributed by atoms with van der Waals surface area (Å²) in [6.07, 6.45) is 2.96. The van der Waals surface area contributed by atoms with Crippen LogP contribution in [0.2, 0.25) is 0 Å². The summed E-state index contributed by atoms with van der Waals surface area (Å²) in [4.78, 5) is 0.00926. The molecule has 6 nitrogen and oxygen atoms in total. The Hall–Kier alpha value is -1.12. The summed E-state index contributed by atoms with van der Waals surface area (Å²) in [5.74, 6) is 0. The second kappa shape index (κ2) is 7.24. The summed E-state index contributed by atoms with van der Waals surface area (Å²) >= 11 is 0. The standard InChI is InChI=1S/C13H22N2O4S2/c1-4-14-8-5-9-15-12-7-6-11(20(2,16)17)10-13(12)21(3,18)19/h6-7,10,14-15H,4-5,8-9H2,1-3H3. The van der Waals surface area contributed by atoms with Gasteiger partial charge in [0.2, 0.25) is 0 Å². The van der Waals surface area contributed by atoms with E-state index >= 15 is 0 Å². The number of rotatable bonds is 8. The molecule has 0 fully saturated rings. The molecular weight excluding hydrogens is 312 g/mol. The molecule has 0 saturated heterocycles. The first-order valence-electron chi connectivity index (χ1n) is 6.65. The summed E-state index contributed by atoms with van der Waals surface area (Å²) < 4.78 is 46.7. The van der Waals surface area contributed by atoms with Gasteiger partial charge in [0.1, 0.15) is 0 Å². The van der Waals surface area contributed by atoms with Crippen LogP contribution in [-0.2, 0) is 19.7 Å². The monoisotopic (exact) mass is 334 g/mol. The van der Waals surface area contributed by atoms with Gasteiger partial charge in [0.15, 0.2) is 19.7 Å². The molecule has 0 aliphatic heterocycles. The van der Waals surface area contributed by atoms with Crippen LogP contribution in [0.25, 0.3) is 0 Å². The molecule has 0 aliphatic rings. The highest BCUT2D eigenvalue weighted by atomic mass is 32.2. The summed E-state index contributed by atoms with van der Waals surface area (Å²) in [7, 11) is -6.94. The number of hydrogen-bond acceptors (Lipinski definition) is 6. The Balaban J connectivity index is 2.99. The molecule has 1 aromatic carbocycles. The van der Waals surface area contributed by atoms with Crippen molar-refractivity contribution in [3.05, 3.63) is 18.2 Å². The molecule has 0 unspecified atom stereocenters. The molecule has 1 rings (SSSR count). The second-order valence-electron chi connectivity index (χ2n) is 4.84. The van der Waals surface area contributed by atoms with Gasteiger partial charge in [0, 0.05) is 19.1 Å². The molecule has 0 heterocycles. The Labute approximate surface area is 126 Å². The Morgan fingerprint density at radius 2 is 1.67 bits per heavy atom. The quantitative estimate of drug-likeness (QED) is 0.687. The molecule has 1 aromatic rings. The average Bonchev–Trinajstić information content (AvgIpc) is 2.36. The molecule has 21 heavy (non-hydrogen) atoms. The maximum Gasteiger partial charge on any atom is 0.177 e. The lowest BCUT2D eigenvalue weighted by atomic mass is 10.3. The fraction of sp³-hybridized carbons (Fsp3) is 0.538. The molecule has 8 heteroatoms. The van der Waals surface area contributed by atoms with Gasteiger partial charge in [-0.25, -0.2) is 16.8 Å². The number of anilines is 1. The average molecular weight is 334 g/mol. The third-order valence-corrected chi connectivity index (χ3v) is 5.12. The van der Waals surface area contributed by atoms with Crippen LogP contribution in [-0.4, -0.2) is 49.0 Å². The first-order valence-corrected chi connectivity index (χ1v) is 10.4. The van der Waals surface area contributed by atoms with Gasteiger partial charge in [0.25, 0.3) is 0 Å². The Morgan fingerprint density at radius 1 is 1.00 bits per heavy atom. The van der Waals surface area contributed by atoms with Gasteiger partial charge >= 0.3 is 0 Å². The Kier molecular flexibility index (Phi) is 6.18. The third-order valence-electron chi connectivity index (χ3n) is 2.88. The minimum Gasteiger partial charge on any atom is -0.384 e. The van der Waals surface area contributed by atoms with Gasteiger partial charge in [-0.05, 0) is 37.7 Å². The predicted molar refractivity (Wildman–Crippen MR) is 84.3 cm³/mol. The first-order chi connectivity index (χ1) is 9.66. The van der Waals surface area contributed by atoms with Gasteiger partial charge in [-0.3, -0.25) is 0 Å². The van der Waals surface area contributed by atoms with Crippen LogP contribution < -0.4 is 10.6 Å². The molecule has 0 bridgehead atoms. The SMILES string of the molecule is CCNCCCNc1ccc(S(C)(=O)=O)cc1S(C)(=O)=O. The maximum absolute atomic E-state index is 11.8. The zero-order valence-electron chi connectivity index (χ0n) is 12.5. The van der Waals surface area contributed by atoms with E-state index in [1.165, 1.54) is 18.2 Å². The van der Waals surface area contributed by atoms with Gasteiger partial charge in [0.05, 0.1) is 15.5 Å². The minimum atomic E-state index is -3.51. The molecule has 0 aromatic heterocycles. The van der Waals surface area contributed by atoms with Crippen LogP contribution in [0.5, 0.6) is 0 Å². The van der Waals surface area contributed by atoms with Crippen LogP contribution in [0, 0.1) is 0 Å². The lowest BCUT2D eigenvalue weighted by molar-refractivity contribution is 0.600. The van der Waals surface area contributed by atoms with Crippen molar-refractivity contribution >= 4 is 25.4 Å². The molecule has 0 radical (unpaired) electrons. The summed E-state index contributed by atoms with van der Waals surface area (Å²) in [5.41, 5.74) is 0.432. The zero-order valence-corrected chi connectivity index (χ0v) is 14.1. The van der Waals surface area contributed by atoms with Crippen molar-refractivity contribution < 1.29 is 16.8 Å². The van der Waals surface area contributed by atoms with Crippen LogP contribution in [0.4, 0.5) is 5.69 Å². The van der Waals surface area contributed by atoms with Crippen molar-refractivity contribution in [1.82, 2.24) is 5.32 Å². The Bertz CT molecular complexity index is 682. The molecule has 0 atom stereocenters. The van der Waals surface area contributed by atoms with E-state index in [-0.39, 0.29) is 9.79 Å². The van der Waals surface area contributed by atoms with Crippen molar-refractivity contribution in [2.75, 3.05) is 37.5 Å². The van der Waals surface area contributed by atoms with Crippen molar-refractivity contribution in [2.45, 2.75) is 23.1 Å². The van der Waals surface area contributed by atoms with Crippen molar-refractivity contribution in [1.29, 1.82) is 0 Å². The van der Waals surface area contributed by atoms with Crippen molar-refractivity contribution in [3.63, 3.8) is 0 Å². The molecule has 0 amide bonds. The molecule has 0 saturated carbocycles. The Morgan fingerprint density at radius 3 is 2.19 bits per heavy atom. The van der Waals surface area contributed by atoms with E-state index in [4.69, 9.17) is 0 Å². The fourth-order valence-electron chi connectivity index (χ4n) is 1.80. The number of hydrogen-bond donors (Lipinski definition) is 2. The van der Waals surface area contributed by atoms with E-state index in [2.05, 4.69) is 10.6 Å². The summed E-state index contributed by atoms with van der Waals surface area (Å²) in [6, 6.07) is 4.12. The topological polar surface area (TPSA) is 92.3 Å². The fourth-order valence-corrected chi connectivity index (χ4v) is 3.40. The highest BCUT2D eigenvalue weighted by Gasteiger charge is 2.17. The lowest BCUT2D eigenvalue weighted by Gasteiger charge is -2.12. The van der Waals surface area contributed by atoms with Gasteiger partial charge < -0.3 is 10.6 Å². The van der Waals surface area contributed by atoms with Crippen LogP contribution >= 0.6 is 0 Å². The second-order valence-corrected chi connectivity index (χ2v) is 8.84. The first kappa shape index (κ1) is 17.9. The van der Waals surface area contributed by atoms with Crippen LogP contribution in [0.1, 0.15) is 13.3 Å². The lowest BCUT2D eigenvalue weighted by Crippen LogP contribution is -2.17. The molecule has 120 valence electrons. The summed E-state index contributed by atoms with van der Waals surface area (Å²) in [6.45, 7) is 4.34. The highest BCUT2D eigenvalue weighted by molar-refractivity contribution is 7.91. The zero-order chi connectivity index (χ0) is 16.1. The van der Waals surface area contributed by atoms with E-state index in [0.29, 0.717) is 12.2 Å². The predicted octanol–water partition coefficient (Wildman–Crippen LogP) is 0.905. The van der Waals surface area contributed by atoms with E-state index in [1.807, 2.05) is 6.92 Å². The molecule has 2 N–H and O–H groups in total. The van der Waals surface area contributed by atoms with Gasteiger partial charge in [-0.1, -0.05) is 6.92 Å². The number of sulfone groups is 2. The molecular formula is C13H22N2O4S2. The van der Waals surface area contributed by atoms with E-state index < -0.39 is 19.7 Å². The van der Waals surface area contributed by atoms with E-state index in [9.17, 15) is 16.8 Å². The van der Waals surface area contributed by atoms with Gasteiger partial charge in [-0.2, -0.15) is 0 Å². The van der Waals surface area contributed by atoms with E-state index in [0.717, 1.165) is 32.0 Å². The highest BCUT2D eigenvalue weighted by Crippen LogP contribution is 2.25. The largest absolute Gasteiger partial charge is 0.384 e.